The molecule has 22 heavy (non-hydrogen) atoms. The van der Waals surface area contributed by atoms with Crippen LogP contribution in [-0.2, 0) is 0 Å². The van der Waals surface area contributed by atoms with Gasteiger partial charge in [0, 0.05) is 38.8 Å². The maximum absolute atomic E-state index is 12.8. The van der Waals surface area contributed by atoms with Crippen molar-refractivity contribution in [2.75, 3.05) is 39.3 Å². The zero-order chi connectivity index (χ0) is 15.2. The standard InChI is InChI=1S/C18H27FN2O/c19-16-6-8-18(9-7-16)22-15-14-20-10-12-21(13-11-20)17-4-2-1-3-5-17/h6-9,17H,1-5,10-15H2. The van der Waals surface area contributed by atoms with Crippen molar-refractivity contribution in [3.05, 3.63) is 30.1 Å². The molecule has 1 aromatic rings. The van der Waals surface area contributed by atoms with E-state index in [1.54, 1.807) is 12.1 Å². The summed E-state index contributed by atoms with van der Waals surface area (Å²) in [5.41, 5.74) is 0. The van der Waals surface area contributed by atoms with E-state index in [-0.39, 0.29) is 5.82 Å². The highest BCUT2D eigenvalue weighted by atomic mass is 19.1. The maximum atomic E-state index is 12.8. The Balaban J connectivity index is 1.34. The Bertz CT molecular complexity index is 437. The summed E-state index contributed by atoms with van der Waals surface area (Å²) in [6.45, 7) is 6.31. The van der Waals surface area contributed by atoms with Gasteiger partial charge in [0.1, 0.15) is 18.2 Å². The van der Waals surface area contributed by atoms with E-state index in [2.05, 4.69) is 9.80 Å². The first-order chi connectivity index (χ1) is 10.8. The van der Waals surface area contributed by atoms with Crippen LogP contribution in [0.4, 0.5) is 4.39 Å². The van der Waals surface area contributed by atoms with E-state index in [9.17, 15) is 4.39 Å². The Kier molecular flexibility index (Phi) is 5.68. The van der Waals surface area contributed by atoms with Gasteiger partial charge >= 0.3 is 0 Å². The average molecular weight is 306 g/mol. The summed E-state index contributed by atoms with van der Waals surface area (Å²) in [5, 5.41) is 0. The van der Waals surface area contributed by atoms with Gasteiger partial charge in [-0.05, 0) is 37.1 Å². The summed E-state index contributed by atoms with van der Waals surface area (Å²) in [6, 6.07) is 7.11. The first-order valence-electron chi connectivity index (χ1n) is 8.66. The molecular formula is C18H27FN2O. The van der Waals surface area contributed by atoms with Crippen molar-refractivity contribution in [1.29, 1.82) is 0 Å². The minimum Gasteiger partial charge on any atom is -0.492 e. The summed E-state index contributed by atoms with van der Waals surface area (Å²) in [4.78, 5) is 5.17. The number of hydrogen-bond acceptors (Lipinski definition) is 3. The van der Waals surface area contributed by atoms with Crippen LogP contribution in [0, 0.1) is 5.82 Å². The van der Waals surface area contributed by atoms with E-state index in [0.717, 1.165) is 31.4 Å². The number of rotatable bonds is 5. The number of halogens is 1. The molecule has 1 aliphatic carbocycles. The van der Waals surface area contributed by atoms with Crippen molar-refractivity contribution in [3.63, 3.8) is 0 Å². The van der Waals surface area contributed by atoms with Gasteiger partial charge in [0.05, 0.1) is 0 Å². The Hall–Kier alpha value is -1.13. The molecule has 1 aliphatic heterocycles. The summed E-state index contributed by atoms with van der Waals surface area (Å²) in [7, 11) is 0. The third-order valence-corrected chi connectivity index (χ3v) is 4.99. The molecule has 3 rings (SSSR count). The van der Waals surface area contributed by atoms with Gasteiger partial charge in [0.2, 0.25) is 0 Å². The van der Waals surface area contributed by atoms with E-state index in [1.165, 1.54) is 57.3 Å². The number of nitrogens with zero attached hydrogens (tertiary/aromatic N) is 2. The zero-order valence-corrected chi connectivity index (χ0v) is 13.3. The molecule has 1 heterocycles. The number of piperazine rings is 1. The molecule has 2 aliphatic rings. The highest BCUT2D eigenvalue weighted by Gasteiger charge is 2.24. The van der Waals surface area contributed by atoms with Crippen LogP contribution in [0.3, 0.4) is 0 Å². The Morgan fingerprint density at radius 3 is 2.32 bits per heavy atom. The largest absolute Gasteiger partial charge is 0.492 e. The van der Waals surface area contributed by atoms with Gasteiger partial charge in [-0.1, -0.05) is 19.3 Å². The summed E-state index contributed by atoms with van der Waals surface area (Å²) < 4.78 is 18.5. The van der Waals surface area contributed by atoms with Crippen molar-refractivity contribution in [2.45, 2.75) is 38.1 Å². The van der Waals surface area contributed by atoms with Crippen LogP contribution in [0.5, 0.6) is 5.75 Å². The first-order valence-corrected chi connectivity index (χ1v) is 8.66. The van der Waals surface area contributed by atoms with Gasteiger partial charge in [0.25, 0.3) is 0 Å². The fraction of sp³-hybridized carbons (Fsp3) is 0.667. The summed E-state index contributed by atoms with van der Waals surface area (Å²) in [6.07, 6.45) is 7.05. The molecule has 3 nitrogen and oxygen atoms in total. The van der Waals surface area contributed by atoms with E-state index < -0.39 is 0 Å². The minimum absolute atomic E-state index is 0.216. The highest BCUT2D eigenvalue weighted by Crippen LogP contribution is 2.23. The number of hydrogen-bond donors (Lipinski definition) is 0. The van der Waals surface area contributed by atoms with Gasteiger partial charge in [0.15, 0.2) is 0 Å². The summed E-state index contributed by atoms with van der Waals surface area (Å²) >= 11 is 0. The smallest absolute Gasteiger partial charge is 0.123 e. The van der Waals surface area contributed by atoms with Gasteiger partial charge in [-0.2, -0.15) is 0 Å². The van der Waals surface area contributed by atoms with Gasteiger partial charge in [-0.25, -0.2) is 4.39 Å². The van der Waals surface area contributed by atoms with Crippen LogP contribution in [-0.4, -0.2) is 55.2 Å². The lowest BCUT2D eigenvalue weighted by Gasteiger charge is -2.40. The average Bonchev–Trinajstić information content (AvgIpc) is 2.58. The Morgan fingerprint density at radius 1 is 0.955 bits per heavy atom. The monoisotopic (exact) mass is 306 g/mol. The van der Waals surface area contributed by atoms with Crippen LogP contribution in [0.1, 0.15) is 32.1 Å². The maximum Gasteiger partial charge on any atom is 0.123 e. The lowest BCUT2D eigenvalue weighted by Crippen LogP contribution is -2.51. The molecule has 0 atom stereocenters. The predicted molar refractivity (Wildman–Crippen MR) is 86.8 cm³/mol. The van der Waals surface area contributed by atoms with Crippen LogP contribution in [0.15, 0.2) is 24.3 Å². The Morgan fingerprint density at radius 2 is 1.64 bits per heavy atom. The van der Waals surface area contributed by atoms with Crippen molar-refractivity contribution in [2.24, 2.45) is 0 Å². The van der Waals surface area contributed by atoms with Crippen molar-refractivity contribution >= 4 is 0 Å². The van der Waals surface area contributed by atoms with Crippen LogP contribution >= 0.6 is 0 Å². The summed E-state index contributed by atoms with van der Waals surface area (Å²) in [5.74, 6) is 0.536. The molecule has 0 radical (unpaired) electrons. The van der Waals surface area contributed by atoms with E-state index >= 15 is 0 Å². The van der Waals surface area contributed by atoms with Crippen molar-refractivity contribution in [1.82, 2.24) is 9.80 Å². The molecule has 122 valence electrons. The van der Waals surface area contributed by atoms with E-state index in [0.29, 0.717) is 6.61 Å². The molecule has 0 aromatic heterocycles. The topological polar surface area (TPSA) is 15.7 Å². The van der Waals surface area contributed by atoms with Gasteiger partial charge < -0.3 is 4.74 Å². The molecule has 1 saturated carbocycles. The third-order valence-electron chi connectivity index (χ3n) is 4.99. The van der Waals surface area contributed by atoms with E-state index in [1.807, 2.05) is 0 Å². The first kappa shape index (κ1) is 15.8. The van der Waals surface area contributed by atoms with Crippen molar-refractivity contribution in [3.8, 4) is 5.75 Å². The molecule has 0 spiro atoms. The van der Waals surface area contributed by atoms with Crippen LogP contribution in [0.25, 0.3) is 0 Å². The lowest BCUT2D eigenvalue weighted by atomic mass is 9.94. The van der Waals surface area contributed by atoms with Crippen molar-refractivity contribution < 1.29 is 9.13 Å². The second-order valence-corrected chi connectivity index (χ2v) is 6.47. The van der Waals surface area contributed by atoms with Crippen LogP contribution in [0.2, 0.25) is 0 Å². The number of benzene rings is 1. The quantitative estimate of drug-likeness (QED) is 0.831. The second kappa shape index (κ2) is 7.93. The molecule has 0 bridgehead atoms. The molecule has 0 N–H and O–H groups in total. The molecular weight excluding hydrogens is 279 g/mol. The Labute approximate surface area is 133 Å². The third kappa shape index (κ3) is 4.43. The SMILES string of the molecule is Fc1ccc(OCCN2CCN(C3CCCCC3)CC2)cc1. The zero-order valence-electron chi connectivity index (χ0n) is 13.3. The molecule has 2 fully saturated rings. The van der Waals surface area contributed by atoms with Gasteiger partial charge in [-0.15, -0.1) is 0 Å². The molecule has 4 heteroatoms. The number of ether oxygens (including phenoxy) is 1. The fourth-order valence-electron chi connectivity index (χ4n) is 3.62. The molecule has 1 saturated heterocycles. The van der Waals surface area contributed by atoms with E-state index in [4.69, 9.17) is 4.74 Å². The molecule has 0 unspecified atom stereocenters. The van der Waals surface area contributed by atoms with Gasteiger partial charge in [-0.3, -0.25) is 9.80 Å². The van der Waals surface area contributed by atoms with Crippen LogP contribution < -0.4 is 4.74 Å². The normalized spacial score (nSPS) is 21.9. The minimum atomic E-state index is -0.216. The second-order valence-electron chi connectivity index (χ2n) is 6.47. The fourth-order valence-corrected chi connectivity index (χ4v) is 3.62. The highest BCUT2D eigenvalue weighted by molar-refractivity contribution is 5.21. The molecule has 1 aromatic carbocycles. The lowest BCUT2D eigenvalue weighted by molar-refractivity contribution is 0.0718. The molecule has 0 amide bonds. The predicted octanol–water partition coefficient (Wildman–Crippen LogP) is 3.15.